The Morgan fingerprint density at radius 3 is 2.53 bits per heavy atom. The van der Waals surface area contributed by atoms with Gasteiger partial charge in [0.1, 0.15) is 5.41 Å². The minimum absolute atomic E-state index is 0.148. The SMILES string of the molecule is CC(C)(C#N)C(=O)NC1CCCC1(C)C. The van der Waals surface area contributed by atoms with E-state index in [1.165, 1.54) is 0 Å². The van der Waals surface area contributed by atoms with Crippen LogP contribution in [0.1, 0.15) is 47.0 Å². The van der Waals surface area contributed by atoms with Crippen molar-refractivity contribution in [2.24, 2.45) is 10.8 Å². The molecule has 0 spiro atoms. The van der Waals surface area contributed by atoms with Crippen LogP contribution in [-0.2, 0) is 4.79 Å². The standard InChI is InChI=1S/C12H20N2O/c1-11(2)7-5-6-9(11)14-10(15)12(3,4)8-13/h9H,5-7H2,1-4H3,(H,14,15). The number of rotatable bonds is 2. The van der Waals surface area contributed by atoms with Crippen molar-refractivity contribution < 1.29 is 4.79 Å². The van der Waals surface area contributed by atoms with E-state index in [1.807, 2.05) is 6.07 Å². The average Bonchev–Trinajstić information content (AvgIpc) is 2.46. The quantitative estimate of drug-likeness (QED) is 0.756. The van der Waals surface area contributed by atoms with E-state index in [4.69, 9.17) is 5.26 Å². The summed E-state index contributed by atoms with van der Waals surface area (Å²) < 4.78 is 0. The van der Waals surface area contributed by atoms with Gasteiger partial charge in [0.05, 0.1) is 6.07 Å². The first kappa shape index (κ1) is 12.0. The van der Waals surface area contributed by atoms with Crippen LogP contribution in [0.5, 0.6) is 0 Å². The van der Waals surface area contributed by atoms with Crippen LogP contribution in [0.4, 0.5) is 0 Å². The first-order valence-electron chi connectivity index (χ1n) is 5.52. The van der Waals surface area contributed by atoms with Crippen molar-refractivity contribution in [3.05, 3.63) is 0 Å². The molecule has 1 rings (SSSR count). The molecule has 0 heterocycles. The number of hydrogen-bond acceptors (Lipinski definition) is 2. The second-order valence-electron chi connectivity index (χ2n) is 5.64. The molecule has 1 fully saturated rings. The van der Waals surface area contributed by atoms with Gasteiger partial charge in [0.25, 0.3) is 0 Å². The third-order valence-electron chi connectivity index (χ3n) is 3.41. The topological polar surface area (TPSA) is 52.9 Å². The maximum absolute atomic E-state index is 11.8. The number of hydrogen-bond donors (Lipinski definition) is 1. The van der Waals surface area contributed by atoms with Gasteiger partial charge in [-0.1, -0.05) is 20.3 Å². The molecule has 3 heteroatoms. The molecule has 0 saturated heterocycles. The predicted molar refractivity (Wildman–Crippen MR) is 59.0 cm³/mol. The molecule has 1 saturated carbocycles. The molecule has 1 N–H and O–H groups in total. The van der Waals surface area contributed by atoms with Crippen LogP contribution < -0.4 is 5.32 Å². The molecule has 1 atom stereocenters. The van der Waals surface area contributed by atoms with Crippen molar-refractivity contribution in [2.45, 2.75) is 53.0 Å². The summed E-state index contributed by atoms with van der Waals surface area (Å²) in [7, 11) is 0. The minimum Gasteiger partial charge on any atom is -0.351 e. The molecule has 0 aromatic carbocycles. The number of nitrogens with zero attached hydrogens (tertiary/aromatic N) is 1. The Balaban J connectivity index is 2.64. The smallest absolute Gasteiger partial charge is 0.240 e. The molecular weight excluding hydrogens is 188 g/mol. The van der Waals surface area contributed by atoms with Gasteiger partial charge >= 0.3 is 0 Å². The van der Waals surface area contributed by atoms with Gasteiger partial charge in [-0.2, -0.15) is 5.26 Å². The van der Waals surface area contributed by atoms with Gasteiger partial charge in [-0.3, -0.25) is 4.79 Å². The third kappa shape index (κ3) is 2.50. The summed E-state index contributed by atoms with van der Waals surface area (Å²) in [5.74, 6) is -0.148. The zero-order valence-electron chi connectivity index (χ0n) is 10.1. The lowest BCUT2D eigenvalue weighted by atomic mass is 9.86. The van der Waals surface area contributed by atoms with E-state index in [-0.39, 0.29) is 17.4 Å². The van der Waals surface area contributed by atoms with Crippen LogP contribution in [0.2, 0.25) is 0 Å². The van der Waals surface area contributed by atoms with Crippen LogP contribution in [-0.4, -0.2) is 11.9 Å². The van der Waals surface area contributed by atoms with Crippen LogP contribution in [0.15, 0.2) is 0 Å². The molecule has 0 radical (unpaired) electrons. The molecular formula is C12H20N2O. The van der Waals surface area contributed by atoms with Gasteiger partial charge < -0.3 is 5.32 Å². The van der Waals surface area contributed by atoms with Gasteiger partial charge in [0.15, 0.2) is 0 Å². The van der Waals surface area contributed by atoms with E-state index in [0.717, 1.165) is 19.3 Å². The minimum atomic E-state index is -0.918. The fourth-order valence-electron chi connectivity index (χ4n) is 1.98. The van der Waals surface area contributed by atoms with Crippen LogP contribution in [0.3, 0.4) is 0 Å². The Bertz CT molecular complexity index is 299. The monoisotopic (exact) mass is 208 g/mol. The van der Waals surface area contributed by atoms with E-state index in [0.29, 0.717) is 0 Å². The van der Waals surface area contributed by atoms with Crippen molar-refractivity contribution in [1.29, 1.82) is 5.26 Å². The van der Waals surface area contributed by atoms with Crippen LogP contribution in [0.25, 0.3) is 0 Å². The average molecular weight is 208 g/mol. The lowest BCUT2D eigenvalue weighted by Crippen LogP contribution is -2.46. The highest BCUT2D eigenvalue weighted by molar-refractivity contribution is 5.84. The Labute approximate surface area is 91.9 Å². The van der Waals surface area contributed by atoms with Crippen molar-refractivity contribution in [3.63, 3.8) is 0 Å². The number of nitriles is 1. The Morgan fingerprint density at radius 2 is 2.13 bits per heavy atom. The van der Waals surface area contributed by atoms with E-state index in [9.17, 15) is 4.79 Å². The Kier molecular flexibility index (Phi) is 3.08. The number of carbonyl (C=O) groups excluding carboxylic acids is 1. The summed E-state index contributed by atoms with van der Waals surface area (Å²) >= 11 is 0. The molecule has 1 aliphatic carbocycles. The zero-order chi connectivity index (χ0) is 11.7. The summed E-state index contributed by atoms with van der Waals surface area (Å²) in [5.41, 5.74) is -0.750. The van der Waals surface area contributed by atoms with Crippen molar-refractivity contribution in [3.8, 4) is 6.07 Å². The number of amides is 1. The molecule has 1 aliphatic rings. The van der Waals surface area contributed by atoms with E-state index < -0.39 is 5.41 Å². The van der Waals surface area contributed by atoms with Crippen LogP contribution in [0, 0.1) is 22.2 Å². The summed E-state index contributed by atoms with van der Waals surface area (Å²) in [4.78, 5) is 11.8. The molecule has 0 aromatic rings. The molecule has 1 amide bonds. The normalized spacial score (nSPS) is 24.6. The van der Waals surface area contributed by atoms with Crippen molar-refractivity contribution in [2.75, 3.05) is 0 Å². The van der Waals surface area contributed by atoms with E-state index >= 15 is 0 Å². The summed E-state index contributed by atoms with van der Waals surface area (Å²) in [5, 5.41) is 11.9. The summed E-state index contributed by atoms with van der Waals surface area (Å²) in [6.07, 6.45) is 3.33. The maximum atomic E-state index is 11.8. The number of carbonyl (C=O) groups is 1. The van der Waals surface area contributed by atoms with Gasteiger partial charge in [-0.15, -0.1) is 0 Å². The van der Waals surface area contributed by atoms with E-state index in [1.54, 1.807) is 13.8 Å². The lowest BCUT2D eigenvalue weighted by Gasteiger charge is -2.29. The highest BCUT2D eigenvalue weighted by atomic mass is 16.2. The molecule has 3 nitrogen and oxygen atoms in total. The largest absolute Gasteiger partial charge is 0.351 e. The molecule has 15 heavy (non-hydrogen) atoms. The fourth-order valence-corrected chi connectivity index (χ4v) is 1.98. The fraction of sp³-hybridized carbons (Fsp3) is 0.833. The maximum Gasteiger partial charge on any atom is 0.240 e. The van der Waals surface area contributed by atoms with Gasteiger partial charge in [0, 0.05) is 6.04 Å². The highest BCUT2D eigenvalue weighted by Gasteiger charge is 2.38. The van der Waals surface area contributed by atoms with Crippen LogP contribution >= 0.6 is 0 Å². The van der Waals surface area contributed by atoms with Gasteiger partial charge in [0.2, 0.25) is 5.91 Å². The first-order chi connectivity index (χ1) is 6.79. The first-order valence-corrected chi connectivity index (χ1v) is 5.52. The highest BCUT2D eigenvalue weighted by Crippen LogP contribution is 2.37. The molecule has 0 aromatic heterocycles. The van der Waals surface area contributed by atoms with Gasteiger partial charge in [-0.25, -0.2) is 0 Å². The second-order valence-corrected chi connectivity index (χ2v) is 5.64. The molecule has 1 unspecified atom stereocenters. The Morgan fingerprint density at radius 1 is 1.53 bits per heavy atom. The second kappa shape index (κ2) is 3.84. The van der Waals surface area contributed by atoms with Gasteiger partial charge in [-0.05, 0) is 32.1 Å². The third-order valence-corrected chi connectivity index (χ3v) is 3.41. The molecule has 0 aliphatic heterocycles. The number of nitrogens with one attached hydrogen (secondary N) is 1. The van der Waals surface area contributed by atoms with Crippen molar-refractivity contribution in [1.82, 2.24) is 5.32 Å². The predicted octanol–water partition coefficient (Wildman–Crippen LogP) is 2.23. The zero-order valence-corrected chi connectivity index (χ0v) is 10.1. The summed E-state index contributed by atoms with van der Waals surface area (Å²) in [6.45, 7) is 7.66. The Hall–Kier alpha value is -1.04. The molecule has 84 valence electrons. The molecule has 0 bridgehead atoms. The lowest BCUT2D eigenvalue weighted by molar-refractivity contribution is -0.128. The summed E-state index contributed by atoms with van der Waals surface area (Å²) in [6, 6.07) is 2.25. The van der Waals surface area contributed by atoms with E-state index in [2.05, 4.69) is 19.2 Å². The van der Waals surface area contributed by atoms with Crippen molar-refractivity contribution >= 4 is 5.91 Å².